The molecule has 0 amide bonds. The van der Waals surface area contributed by atoms with Crippen LogP contribution in [-0.2, 0) is 70.7 Å². The Bertz CT molecular complexity index is 73.7. The standard InChI is InChI=1S/2Cr.Fe.Ni.6O/q;;2*+2;;;4*-1. The van der Waals surface area contributed by atoms with E-state index >= 15 is 0 Å². The first-order valence-electron chi connectivity index (χ1n) is 1.00. The molecular formula is Cr2FeNiO6. The fourth-order valence-corrected chi connectivity index (χ4v) is 0. The van der Waals surface area contributed by atoms with Crippen molar-refractivity contribution in [3.8, 4) is 0 Å². The Hall–Kier alpha value is 1.52. The van der Waals surface area contributed by atoms with Gasteiger partial charge in [0.2, 0.25) is 0 Å². The van der Waals surface area contributed by atoms with Crippen molar-refractivity contribution < 1.29 is 87.3 Å². The van der Waals surface area contributed by atoms with Crippen molar-refractivity contribution in [2.75, 3.05) is 0 Å². The van der Waals surface area contributed by atoms with Crippen LogP contribution in [-0.4, -0.2) is 0 Å². The summed E-state index contributed by atoms with van der Waals surface area (Å²) in [4.78, 5) is 0. The summed E-state index contributed by atoms with van der Waals surface area (Å²) in [5.41, 5.74) is 0. The van der Waals surface area contributed by atoms with Gasteiger partial charge >= 0.3 is 87.3 Å². The molecule has 0 spiro atoms. The summed E-state index contributed by atoms with van der Waals surface area (Å²) in [6, 6.07) is 0. The van der Waals surface area contributed by atoms with Crippen molar-refractivity contribution in [2.24, 2.45) is 0 Å². The molecule has 10 heteroatoms. The molecule has 6 nitrogen and oxygen atoms in total. The van der Waals surface area contributed by atoms with Crippen LogP contribution >= 0.6 is 0 Å². The Balaban J connectivity index is -0.0000000300. The van der Waals surface area contributed by atoms with Crippen LogP contribution < -0.4 is 16.6 Å². The number of hydrogen-bond donors (Lipinski definition) is 0. The monoisotopic (exact) mass is 314 g/mol. The van der Waals surface area contributed by atoms with Gasteiger partial charge < -0.3 is 0 Å². The van der Waals surface area contributed by atoms with Crippen LogP contribution in [0.4, 0.5) is 0 Å². The van der Waals surface area contributed by atoms with Gasteiger partial charge in [-0.1, -0.05) is 0 Å². The second-order valence-electron chi connectivity index (χ2n) is 0.408. The molecule has 0 aliphatic rings. The van der Waals surface area contributed by atoms with Crippen molar-refractivity contribution in [2.45, 2.75) is 0 Å². The first-order chi connectivity index (χ1) is 3.46. The molecule has 0 heterocycles. The SMILES string of the molecule is [Fe+2].[Ni+2].[O]=[Cr]([O-])[O-].[O]=[Cr]([O-])[O-]. The molecule has 0 aliphatic carbocycles. The van der Waals surface area contributed by atoms with Gasteiger partial charge in [0.15, 0.2) is 0 Å². The third kappa shape index (κ3) is 300. The average molecular weight is 315 g/mol. The van der Waals surface area contributed by atoms with E-state index in [9.17, 15) is 0 Å². The summed E-state index contributed by atoms with van der Waals surface area (Å²) in [5, 5.41) is 0. The fourth-order valence-electron chi connectivity index (χ4n) is 0. The van der Waals surface area contributed by atoms with Gasteiger partial charge in [0.1, 0.15) is 0 Å². The second-order valence-corrected chi connectivity index (χ2v) is 1.68. The Morgan fingerprint density at radius 2 is 0.800 bits per heavy atom. The minimum absolute atomic E-state index is 0. The van der Waals surface area contributed by atoms with E-state index in [1.165, 1.54) is 0 Å². The van der Waals surface area contributed by atoms with E-state index in [1.54, 1.807) is 0 Å². The predicted molar refractivity (Wildman–Crippen MR) is 1.37 cm³/mol. The zero-order valence-electron chi connectivity index (χ0n) is 3.94. The van der Waals surface area contributed by atoms with Crippen molar-refractivity contribution in [3.05, 3.63) is 0 Å². The van der Waals surface area contributed by atoms with E-state index in [-0.39, 0.29) is 33.6 Å². The third-order valence-corrected chi connectivity index (χ3v) is 0. The Morgan fingerprint density at radius 3 is 0.800 bits per heavy atom. The van der Waals surface area contributed by atoms with Crippen LogP contribution in [0.3, 0.4) is 0 Å². The van der Waals surface area contributed by atoms with Gasteiger partial charge in [0.05, 0.1) is 0 Å². The zero-order valence-corrected chi connectivity index (χ0v) is 8.58. The zero-order chi connectivity index (χ0) is 7.15. The molecule has 0 saturated heterocycles. The van der Waals surface area contributed by atoms with Crippen LogP contribution in [0.15, 0.2) is 0 Å². The van der Waals surface area contributed by atoms with Crippen molar-refractivity contribution >= 4 is 0 Å². The predicted octanol–water partition coefficient (Wildman–Crippen LogP) is -5.00. The van der Waals surface area contributed by atoms with Crippen LogP contribution in [0.2, 0.25) is 0 Å². The van der Waals surface area contributed by atoms with Gasteiger partial charge in [0.25, 0.3) is 0 Å². The van der Waals surface area contributed by atoms with Crippen molar-refractivity contribution in [1.29, 1.82) is 0 Å². The molecule has 0 saturated carbocycles. The molecule has 0 unspecified atom stereocenters. The maximum absolute atomic E-state index is 8.54. The van der Waals surface area contributed by atoms with Gasteiger partial charge in [-0.2, -0.15) is 0 Å². The molecule has 0 bridgehead atoms. The van der Waals surface area contributed by atoms with E-state index < -0.39 is 29.5 Å². The quantitative estimate of drug-likeness (QED) is 0.412. The second kappa shape index (κ2) is 16.9. The maximum atomic E-state index is 8.54. The van der Waals surface area contributed by atoms with E-state index in [4.69, 9.17) is 24.2 Å². The molecule has 0 aromatic carbocycles. The number of rotatable bonds is 0. The molecule has 66 valence electrons. The summed E-state index contributed by atoms with van der Waals surface area (Å²) in [7, 11) is 0. The van der Waals surface area contributed by atoms with E-state index in [2.05, 4.69) is 0 Å². The van der Waals surface area contributed by atoms with Gasteiger partial charge in [-0.15, -0.1) is 0 Å². The summed E-state index contributed by atoms with van der Waals surface area (Å²) >= 11 is -7.58. The Morgan fingerprint density at radius 1 is 0.800 bits per heavy atom. The topological polar surface area (TPSA) is 126 Å². The third-order valence-electron chi connectivity index (χ3n) is 0. The molecular weight excluding hydrogens is 315 g/mol. The minimum atomic E-state index is -3.79. The average Bonchev–Trinajstić information content (AvgIpc) is 1.25. The summed E-state index contributed by atoms with van der Waals surface area (Å²) < 4.78 is 51.2. The van der Waals surface area contributed by atoms with Gasteiger partial charge in [0, 0.05) is 0 Å². The summed E-state index contributed by atoms with van der Waals surface area (Å²) in [6.45, 7) is 0. The van der Waals surface area contributed by atoms with Crippen molar-refractivity contribution in [3.63, 3.8) is 0 Å². The molecule has 0 N–H and O–H groups in total. The van der Waals surface area contributed by atoms with E-state index in [1.807, 2.05) is 0 Å². The Labute approximate surface area is 86.8 Å². The normalized spacial score (nSPS) is 7.00. The van der Waals surface area contributed by atoms with E-state index in [0.29, 0.717) is 0 Å². The van der Waals surface area contributed by atoms with Crippen LogP contribution in [0.5, 0.6) is 0 Å². The molecule has 0 aliphatic heterocycles. The first kappa shape index (κ1) is 22.5. The first-order valence-corrected chi connectivity index (χ1v) is 4.12. The van der Waals surface area contributed by atoms with Gasteiger partial charge in [-0.05, 0) is 0 Å². The van der Waals surface area contributed by atoms with Crippen LogP contribution in [0.25, 0.3) is 0 Å². The summed E-state index contributed by atoms with van der Waals surface area (Å²) in [5.74, 6) is 0. The summed E-state index contributed by atoms with van der Waals surface area (Å²) in [6.07, 6.45) is 0. The number of hydrogen-bond acceptors (Lipinski definition) is 6. The van der Waals surface area contributed by atoms with Crippen LogP contribution in [0, 0.1) is 0 Å². The van der Waals surface area contributed by atoms with Crippen LogP contribution in [0.1, 0.15) is 0 Å². The fraction of sp³-hybridized carbons (Fsp3) is 0. The molecule has 0 rings (SSSR count). The molecule has 0 fully saturated rings. The van der Waals surface area contributed by atoms with E-state index in [0.717, 1.165) is 0 Å². The van der Waals surface area contributed by atoms with Gasteiger partial charge in [-0.25, -0.2) is 0 Å². The molecule has 0 atom stereocenters. The molecule has 0 aromatic heterocycles. The van der Waals surface area contributed by atoms with Gasteiger partial charge in [-0.3, -0.25) is 0 Å². The molecule has 0 aromatic rings. The van der Waals surface area contributed by atoms with Crippen molar-refractivity contribution in [1.82, 2.24) is 0 Å². The molecule has 10 heavy (non-hydrogen) atoms. The Kier molecular flexibility index (Phi) is 38.0. The molecule has 0 radical (unpaired) electrons.